The first-order valence-electron chi connectivity index (χ1n) is 3.65. The van der Waals surface area contributed by atoms with Crippen molar-refractivity contribution >= 4 is 28.4 Å². The molecule has 1 aliphatic carbocycles. The largest absolute Gasteiger partial charge is 0.293 e. The lowest BCUT2D eigenvalue weighted by atomic mass is 10.1. The van der Waals surface area contributed by atoms with E-state index in [1.807, 2.05) is 0 Å². The van der Waals surface area contributed by atoms with Crippen LogP contribution in [0.15, 0.2) is 18.2 Å². The van der Waals surface area contributed by atoms with Gasteiger partial charge in [0.2, 0.25) is 0 Å². The van der Waals surface area contributed by atoms with Gasteiger partial charge in [0.1, 0.15) is 5.82 Å². The van der Waals surface area contributed by atoms with Crippen molar-refractivity contribution in [1.82, 2.24) is 0 Å². The van der Waals surface area contributed by atoms with Crippen LogP contribution in [0.1, 0.15) is 15.9 Å². The van der Waals surface area contributed by atoms with Crippen LogP contribution >= 0.6 is 22.6 Å². The Morgan fingerprint density at radius 2 is 2.25 bits per heavy atom. The van der Waals surface area contributed by atoms with Crippen LogP contribution in [0.25, 0.3) is 0 Å². The summed E-state index contributed by atoms with van der Waals surface area (Å²) in [6, 6.07) is 4.43. The summed E-state index contributed by atoms with van der Waals surface area (Å²) in [5, 5.41) is 0. The number of carbonyl (C=O) groups is 1. The highest BCUT2D eigenvalue weighted by Gasteiger charge is 2.28. The second-order valence-corrected chi connectivity index (χ2v) is 4.34. The highest BCUT2D eigenvalue weighted by molar-refractivity contribution is 14.1. The van der Waals surface area contributed by atoms with Crippen LogP contribution in [0, 0.1) is 5.82 Å². The lowest BCUT2D eigenvalue weighted by molar-refractivity contribution is 0.100. The van der Waals surface area contributed by atoms with Gasteiger partial charge < -0.3 is 0 Å². The first kappa shape index (κ1) is 8.16. The molecule has 0 spiro atoms. The van der Waals surface area contributed by atoms with E-state index >= 15 is 0 Å². The molecule has 0 aliphatic heterocycles. The normalized spacial score (nSPS) is 21.2. The van der Waals surface area contributed by atoms with Crippen LogP contribution in [0.2, 0.25) is 0 Å². The minimum Gasteiger partial charge on any atom is -0.293 e. The monoisotopic (exact) mass is 276 g/mol. The first-order valence-corrected chi connectivity index (χ1v) is 4.90. The third kappa shape index (κ3) is 1.16. The lowest BCUT2D eigenvalue weighted by Gasteiger charge is -1.94. The third-order valence-corrected chi connectivity index (χ3v) is 3.03. The summed E-state index contributed by atoms with van der Waals surface area (Å²) in [5.41, 5.74) is 1.54. The fraction of sp³-hybridized carbons (Fsp3) is 0.222. The van der Waals surface area contributed by atoms with Crippen LogP contribution in [0.4, 0.5) is 4.39 Å². The predicted octanol–water partition coefficient (Wildman–Crippen LogP) is 2.37. The highest BCUT2D eigenvalue weighted by atomic mass is 127. The van der Waals surface area contributed by atoms with Crippen molar-refractivity contribution in [3.63, 3.8) is 0 Å². The molecule has 0 bridgehead atoms. The van der Waals surface area contributed by atoms with E-state index in [1.165, 1.54) is 12.1 Å². The van der Waals surface area contributed by atoms with Crippen molar-refractivity contribution in [1.29, 1.82) is 0 Å². The van der Waals surface area contributed by atoms with Gasteiger partial charge in [0.25, 0.3) is 0 Å². The SMILES string of the molecule is O=C1c2cc(F)ccc2CC1I. The first-order chi connectivity index (χ1) is 5.68. The number of Topliss-reactive ketones (excluding diaryl/α,β-unsaturated/α-hetero) is 1. The Kier molecular flexibility index (Phi) is 1.90. The number of rotatable bonds is 0. The second-order valence-electron chi connectivity index (χ2n) is 2.84. The van der Waals surface area contributed by atoms with Crippen LogP contribution < -0.4 is 0 Å². The standard InChI is InChI=1S/C9H6FIO/c10-6-2-1-5-3-8(11)9(12)7(5)4-6/h1-2,4,8H,3H2. The molecule has 0 saturated carbocycles. The van der Waals surface area contributed by atoms with Gasteiger partial charge in [-0.05, 0) is 24.1 Å². The van der Waals surface area contributed by atoms with E-state index in [-0.39, 0.29) is 15.5 Å². The second kappa shape index (κ2) is 2.80. The summed E-state index contributed by atoms with van der Waals surface area (Å²) in [6.45, 7) is 0. The molecule has 3 heteroatoms. The van der Waals surface area contributed by atoms with Gasteiger partial charge in [-0.3, -0.25) is 4.79 Å². The molecule has 1 aliphatic rings. The predicted molar refractivity (Wildman–Crippen MR) is 52.2 cm³/mol. The summed E-state index contributed by atoms with van der Waals surface area (Å²) < 4.78 is 12.7. The minimum absolute atomic E-state index is 0.000556. The van der Waals surface area contributed by atoms with Crippen molar-refractivity contribution in [2.75, 3.05) is 0 Å². The fourth-order valence-corrected chi connectivity index (χ4v) is 2.22. The average molecular weight is 276 g/mol. The molecule has 0 saturated heterocycles. The molecule has 0 aromatic heterocycles. The summed E-state index contributed by atoms with van der Waals surface area (Å²) >= 11 is 2.09. The van der Waals surface area contributed by atoms with Crippen molar-refractivity contribution in [2.45, 2.75) is 10.3 Å². The zero-order chi connectivity index (χ0) is 8.72. The van der Waals surface area contributed by atoms with Gasteiger partial charge in [-0.25, -0.2) is 4.39 Å². The van der Waals surface area contributed by atoms with Crippen LogP contribution in [-0.4, -0.2) is 9.71 Å². The van der Waals surface area contributed by atoms with E-state index in [9.17, 15) is 9.18 Å². The zero-order valence-corrected chi connectivity index (χ0v) is 8.34. The molecule has 1 aromatic rings. The summed E-state index contributed by atoms with van der Waals surface area (Å²) in [5.74, 6) is -0.266. The van der Waals surface area contributed by atoms with Crippen molar-refractivity contribution < 1.29 is 9.18 Å². The Hall–Kier alpha value is -0.450. The number of ketones is 1. The van der Waals surface area contributed by atoms with E-state index in [0.29, 0.717) is 5.56 Å². The van der Waals surface area contributed by atoms with Crippen LogP contribution in [0.5, 0.6) is 0 Å². The average Bonchev–Trinajstić information content (AvgIpc) is 2.31. The smallest absolute Gasteiger partial charge is 0.176 e. The van der Waals surface area contributed by atoms with Crippen LogP contribution in [0.3, 0.4) is 0 Å². The van der Waals surface area contributed by atoms with Gasteiger partial charge in [-0.1, -0.05) is 28.7 Å². The molecule has 1 nitrogen and oxygen atoms in total. The molecule has 1 unspecified atom stereocenters. The number of benzene rings is 1. The molecule has 62 valence electrons. The van der Waals surface area contributed by atoms with E-state index in [2.05, 4.69) is 22.6 Å². The third-order valence-electron chi connectivity index (χ3n) is 2.02. The van der Waals surface area contributed by atoms with Gasteiger partial charge in [0.05, 0.1) is 3.92 Å². The van der Waals surface area contributed by atoms with Crippen LogP contribution in [-0.2, 0) is 6.42 Å². The minimum atomic E-state index is -0.326. The molecule has 0 heterocycles. The Morgan fingerprint density at radius 1 is 1.50 bits per heavy atom. The molecule has 0 fully saturated rings. The molecule has 0 radical (unpaired) electrons. The van der Waals surface area contributed by atoms with Crippen molar-refractivity contribution in [3.05, 3.63) is 35.1 Å². The quantitative estimate of drug-likeness (QED) is 0.525. The number of hydrogen-bond acceptors (Lipinski definition) is 1. The maximum atomic E-state index is 12.7. The van der Waals surface area contributed by atoms with E-state index in [0.717, 1.165) is 12.0 Å². The van der Waals surface area contributed by atoms with E-state index < -0.39 is 0 Å². The Bertz CT molecular complexity index is 348. The van der Waals surface area contributed by atoms with Crippen molar-refractivity contribution in [2.24, 2.45) is 0 Å². The van der Waals surface area contributed by atoms with Gasteiger partial charge >= 0.3 is 0 Å². The van der Waals surface area contributed by atoms with Gasteiger partial charge in [0.15, 0.2) is 5.78 Å². The van der Waals surface area contributed by atoms with E-state index in [1.54, 1.807) is 6.07 Å². The van der Waals surface area contributed by atoms with Gasteiger partial charge in [0, 0.05) is 5.56 Å². The number of hydrogen-bond donors (Lipinski definition) is 0. The highest BCUT2D eigenvalue weighted by Crippen LogP contribution is 2.27. The maximum Gasteiger partial charge on any atom is 0.176 e. The topological polar surface area (TPSA) is 17.1 Å². The molecule has 0 amide bonds. The number of alkyl halides is 1. The number of halogens is 2. The van der Waals surface area contributed by atoms with Gasteiger partial charge in [-0.2, -0.15) is 0 Å². The lowest BCUT2D eigenvalue weighted by Crippen LogP contribution is -2.05. The van der Waals surface area contributed by atoms with Crippen molar-refractivity contribution in [3.8, 4) is 0 Å². The molecule has 2 rings (SSSR count). The summed E-state index contributed by atoms with van der Waals surface area (Å²) in [6.07, 6.45) is 0.745. The zero-order valence-electron chi connectivity index (χ0n) is 6.18. The Morgan fingerprint density at radius 3 is 3.00 bits per heavy atom. The van der Waals surface area contributed by atoms with E-state index in [4.69, 9.17) is 0 Å². The Labute approximate surface area is 83.1 Å². The summed E-state index contributed by atoms with van der Waals surface area (Å²) in [4.78, 5) is 11.4. The molecule has 1 aromatic carbocycles. The fourth-order valence-electron chi connectivity index (χ4n) is 1.41. The molecule has 12 heavy (non-hydrogen) atoms. The number of carbonyl (C=O) groups excluding carboxylic acids is 1. The molecular weight excluding hydrogens is 270 g/mol. The molecular formula is C9H6FIO. The van der Waals surface area contributed by atoms with Gasteiger partial charge in [-0.15, -0.1) is 0 Å². The maximum absolute atomic E-state index is 12.7. The molecule has 1 atom stereocenters. The summed E-state index contributed by atoms with van der Waals surface area (Å²) in [7, 11) is 0. The Balaban J connectivity index is 2.56. The molecule has 0 N–H and O–H groups in total. The number of fused-ring (bicyclic) bond motifs is 1.